The van der Waals surface area contributed by atoms with Gasteiger partial charge in [-0.05, 0) is 61.4 Å². The van der Waals surface area contributed by atoms with Gasteiger partial charge in [-0.3, -0.25) is 4.79 Å². The fourth-order valence-corrected chi connectivity index (χ4v) is 1.88. The van der Waals surface area contributed by atoms with Gasteiger partial charge >= 0.3 is 0 Å². The first-order valence-corrected chi connectivity index (χ1v) is 7.52. The van der Waals surface area contributed by atoms with Crippen molar-refractivity contribution < 1.29 is 18.8 Å². The first-order chi connectivity index (χ1) is 11.6. The zero-order valence-corrected chi connectivity index (χ0v) is 13.6. The Morgan fingerprint density at radius 2 is 2.00 bits per heavy atom. The molecular formula is C18H19FN2O3. The van der Waals surface area contributed by atoms with Crippen LogP contribution in [-0.4, -0.2) is 25.3 Å². The largest absolute Gasteiger partial charge is 0.494 e. The van der Waals surface area contributed by atoms with Crippen LogP contribution in [0.2, 0.25) is 0 Å². The van der Waals surface area contributed by atoms with E-state index in [1.165, 1.54) is 12.3 Å². The first-order valence-electron chi connectivity index (χ1n) is 7.52. The molecule has 5 nitrogen and oxygen atoms in total. The minimum atomic E-state index is -0.415. The van der Waals surface area contributed by atoms with Gasteiger partial charge in [-0.15, -0.1) is 0 Å². The number of hydrogen-bond acceptors (Lipinski definition) is 4. The highest BCUT2D eigenvalue weighted by atomic mass is 19.1. The molecule has 0 saturated carbocycles. The van der Waals surface area contributed by atoms with E-state index in [0.29, 0.717) is 17.9 Å². The van der Waals surface area contributed by atoms with Gasteiger partial charge in [0.05, 0.1) is 12.8 Å². The number of hydrogen-bond donors (Lipinski definition) is 1. The summed E-state index contributed by atoms with van der Waals surface area (Å²) in [5.41, 5.74) is 1.71. The quantitative estimate of drug-likeness (QED) is 0.624. The maximum Gasteiger partial charge on any atom is 0.265 e. The Labute approximate surface area is 140 Å². The zero-order valence-electron chi connectivity index (χ0n) is 13.6. The van der Waals surface area contributed by atoms with E-state index < -0.39 is 5.91 Å². The molecule has 0 fully saturated rings. The highest BCUT2D eigenvalue weighted by Gasteiger charge is 2.04. The van der Waals surface area contributed by atoms with Crippen molar-refractivity contribution in [3.8, 4) is 5.75 Å². The molecule has 0 unspecified atom stereocenters. The van der Waals surface area contributed by atoms with Crippen molar-refractivity contribution in [3.05, 3.63) is 59.4 Å². The third-order valence-corrected chi connectivity index (χ3v) is 3.12. The molecule has 0 saturated heterocycles. The van der Waals surface area contributed by atoms with E-state index >= 15 is 0 Å². The van der Waals surface area contributed by atoms with E-state index in [1.807, 2.05) is 31.2 Å². The van der Waals surface area contributed by atoms with Crippen LogP contribution in [0.5, 0.6) is 5.75 Å². The highest BCUT2D eigenvalue weighted by molar-refractivity contribution is 5.91. The van der Waals surface area contributed by atoms with Crippen LogP contribution in [0.1, 0.15) is 18.1 Å². The lowest BCUT2D eigenvalue weighted by molar-refractivity contribution is -0.120. The Hall–Kier alpha value is -2.89. The zero-order chi connectivity index (χ0) is 17.4. The van der Waals surface area contributed by atoms with E-state index in [0.717, 1.165) is 11.3 Å². The molecule has 126 valence electrons. The summed E-state index contributed by atoms with van der Waals surface area (Å²) >= 11 is 0. The summed E-state index contributed by atoms with van der Waals surface area (Å²) in [4.78, 5) is 16.6. The van der Waals surface area contributed by atoms with Crippen LogP contribution in [0.25, 0.3) is 0 Å². The SMILES string of the molecule is CCOc1ccc(/C=N/OCC(=O)Nc2ccc(C)c(F)c2)cc1. The fraction of sp³-hybridized carbons (Fsp3) is 0.222. The Morgan fingerprint density at radius 3 is 2.67 bits per heavy atom. The molecule has 24 heavy (non-hydrogen) atoms. The molecule has 2 rings (SSSR count). The van der Waals surface area contributed by atoms with Gasteiger partial charge in [0.1, 0.15) is 11.6 Å². The number of aryl methyl sites for hydroxylation is 1. The first kappa shape index (κ1) is 17.5. The number of amides is 1. The molecule has 0 aliphatic carbocycles. The number of carbonyl (C=O) groups excluding carboxylic acids is 1. The molecular weight excluding hydrogens is 311 g/mol. The monoisotopic (exact) mass is 330 g/mol. The summed E-state index contributed by atoms with van der Waals surface area (Å²) in [5, 5.41) is 6.27. The van der Waals surface area contributed by atoms with Gasteiger partial charge in [0.2, 0.25) is 0 Å². The van der Waals surface area contributed by atoms with E-state index in [9.17, 15) is 9.18 Å². The summed E-state index contributed by atoms with van der Waals surface area (Å²) < 4.78 is 18.7. The average molecular weight is 330 g/mol. The Kier molecular flexibility index (Phi) is 6.31. The molecule has 1 amide bonds. The predicted octanol–water partition coefficient (Wildman–Crippen LogP) is 3.52. The summed E-state index contributed by atoms with van der Waals surface area (Å²) in [6, 6.07) is 11.8. The number of anilines is 1. The number of ether oxygens (including phenoxy) is 1. The van der Waals surface area contributed by atoms with Crippen LogP contribution < -0.4 is 10.1 Å². The smallest absolute Gasteiger partial charge is 0.265 e. The normalized spacial score (nSPS) is 10.6. The van der Waals surface area contributed by atoms with Crippen LogP contribution in [-0.2, 0) is 9.63 Å². The van der Waals surface area contributed by atoms with Gasteiger partial charge in [0, 0.05) is 5.69 Å². The van der Waals surface area contributed by atoms with Gasteiger partial charge in [0.25, 0.3) is 5.91 Å². The fourth-order valence-electron chi connectivity index (χ4n) is 1.88. The summed E-state index contributed by atoms with van der Waals surface area (Å²) in [6.07, 6.45) is 1.49. The lowest BCUT2D eigenvalue weighted by Gasteiger charge is -2.05. The van der Waals surface area contributed by atoms with E-state index in [1.54, 1.807) is 19.1 Å². The van der Waals surface area contributed by atoms with Crippen molar-refractivity contribution in [1.29, 1.82) is 0 Å². The Bertz CT molecular complexity index is 715. The van der Waals surface area contributed by atoms with Crippen molar-refractivity contribution in [1.82, 2.24) is 0 Å². The number of oxime groups is 1. The van der Waals surface area contributed by atoms with Crippen LogP contribution >= 0.6 is 0 Å². The van der Waals surface area contributed by atoms with Gasteiger partial charge in [-0.25, -0.2) is 4.39 Å². The van der Waals surface area contributed by atoms with Crippen molar-refractivity contribution >= 4 is 17.8 Å². The maximum absolute atomic E-state index is 13.4. The Balaban J connectivity index is 1.78. The van der Waals surface area contributed by atoms with Gasteiger partial charge in [-0.2, -0.15) is 0 Å². The second-order valence-corrected chi connectivity index (χ2v) is 5.02. The number of carbonyl (C=O) groups is 1. The van der Waals surface area contributed by atoms with E-state index in [2.05, 4.69) is 10.5 Å². The molecule has 0 bridgehead atoms. The van der Waals surface area contributed by atoms with Crippen LogP contribution in [0, 0.1) is 12.7 Å². The van der Waals surface area contributed by atoms with Gasteiger partial charge in [0.15, 0.2) is 6.61 Å². The molecule has 6 heteroatoms. The standard InChI is InChI=1S/C18H19FN2O3/c1-3-23-16-8-5-14(6-9-16)11-20-24-12-18(22)21-15-7-4-13(2)17(19)10-15/h4-11H,3,12H2,1-2H3,(H,21,22)/b20-11+. The Morgan fingerprint density at radius 1 is 1.25 bits per heavy atom. The molecule has 0 aliphatic rings. The van der Waals surface area contributed by atoms with Crippen molar-refractivity contribution in [3.63, 3.8) is 0 Å². The molecule has 0 aliphatic heterocycles. The predicted molar refractivity (Wildman–Crippen MR) is 90.9 cm³/mol. The second-order valence-electron chi connectivity index (χ2n) is 5.02. The van der Waals surface area contributed by atoms with E-state index in [4.69, 9.17) is 9.57 Å². The molecule has 0 atom stereocenters. The number of nitrogens with one attached hydrogen (secondary N) is 1. The molecule has 0 radical (unpaired) electrons. The third-order valence-electron chi connectivity index (χ3n) is 3.12. The summed E-state index contributed by atoms with van der Waals surface area (Å²) in [6.45, 7) is 3.92. The van der Waals surface area contributed by atoms with Crippen molar-refractivity contribution in [2.45, 2.75) is 13.8 Å². The number of nitrogens with zero attached hydrogens (tertiary/aromatic N) is 1. The molecule has 0 spiro atoms. The number of halogens is 1. The second kappa shape index (κ2) is 8.67. The average Bonchev–Trinajstić information content (AvgIpc) is 2.57. The molecule has 1 N–H and O–H groups in total. The molecule has 2 aromatic rings. The topological polar surface area (TPSA) is 59.9 Å². The highest BCUT2D eigenvalue weighted by Crippen LogP contribution is 2.13. The molecule has 0 heterocycles. The van der Waals surface area contributed by atoms with Crippen LogP contribution in [0.15, 0.2) is 47.6 Å². The summed E-state index contributed by atoms with van der Waals surface area (Å²) in [7, 11) is 0. The van der Waals surface area contributed by atoms with Crippen LogP contribution in [0.4, 0.5) is 10.1 Å². The number of rotatable bonds is 7. The third kappa shape index (κ3) is 5.39. The maximum atomic E-state index is 13.4. The van der Waals surface area contributed by atoms with Gasteiger partial charge in [-0.1, -0.05) is 11.2 Å². The van der Waals surface area contributed by atoms with Gasteiger partial charge < -0.3 is 14.9 Å². The molecule has 2 aromatic carbocycles. The lowest BCUT2D eigenvalue weighted by Crippen LogP contribution is -2.17. The summed E-state index contributed by atoms with van der Waals surface area (Å²) in [5.74, 6) is -0.00962. The van der Waals surface area contributed by atoms with Crippen LogP contribution in [0.3, 0.4) is 0 Å². The lowest BCUT2D eigenvalue weighted by atomic mass is 10.2. The molecule has 0 aromatic heterocycles. The number of benzene rings is 2. The van der Waals surface area contributed by atoms with Crippen molar-refractivity contribution in [2.75, 3.05) is 18.5 Å². The minimum Gasteiger partial charge on any atom is -0.494 e. The van der Waals surface area contributed by atoms with E-state index in [-0.39, 0.29) is 12.4 Å². The van der Waals surface area contributed by atoms with Crippen molar-refractivity contribution in [2.24, 2.45) is 5.16 Å². The minimum absolute atomic E-state index is 0.261.